The summed E-state index contributed by atoms with van der Waals surface area (Å²) in [5.74, 6) is 1.00. The van der Waals surface area contributed by atoms with Crippen molar-refractivity contribution in [3.8, 4) is 5.75 Å². The summed E-state index contributed by atoms with van der Waals surface area (Å²) in [6.07, 6.45) is 1.28. The van der Waals surface area contributed by atoms with Crippen LogP contribution in [-0.2, 0) is 0 Å². The van der Waals surface area contributed by atoms with Gasteiger partial charge in [0.05, 0.1) is 13.3 Å². The lowest BCUT2D eigenvalue weighted by Gasteiger charge is -2.37. The van der Waals surface area contributed by atoms with Crippen LogP contribution in [-0.4, -0.2) is 55.2 Å². The van der Waals surface area contributed by atoms with E-state index in [4.69, 9.17) is 4.74 Å². The fraction of sp³-hybridized carbons (Fsp3) is 0.381. The third-order valence-corrected chi connectivity index (χ3v) is 5.46. The number of piperazine rings is 1. The normalized spacial score (nSPS) is 23.4. The van der Waals surface area contributed by atoms with Gasteiger partial charge in [-0.25, -0.2) is 10.9 Å². The van der Waals surface area contributed by atoms with Crippen LogP contribution in [0.3, 0.4) is 0 Å². The first-order valence-electron chi connectivity index (χ1n) is 9.48. The van der Waals surface area contributed by atoms with E-state index in [1.165, 1.54) is 5.56 Å². The first-order chi connectivity index (χ1) is 13.2. The summed E-state index contributed by atoms with van der Waals surface area (Å²) in [4.78, 5) is 17.0. The molecule has 2 aromatic rings. The Bertz CT molecular complexity index is 758. The summed E-state index contributed by atoms with van der Waals surface area (Å²) in [6.45, 7) is 3.29. The van der Waals surface area contributed by atoms with Crippen molar-refractivity contribution in [2.75, 3.05) is 33.3 Å². The molecule has 0 bridgehead atoms. The van der Waals surface area contributed by atoms with Crippen LogP contribution >= 0.6 is 0 Å². The molecule has 27 heavy (non-hydrogen) atoms. The molecule has 2 atom stereocenters. The molecule has 6 nitrogen and oxygen atoms in total. The van der Waals surface area contributed by atoms with Gasteiger partial charge < -0.3 is 9.64 Å². The van der Waals surface area contributed by atoms with Gasteiger partial charge in [-0.3, -0.25) is 9.69 Å². The predicted octanol–water partition coefficient (Wildman–Crippen LogP) is 2.02. The van der Waals surface area contributed by atoms with E-state index in [0.717, 1.165) is 43.9 Å². The Kier molecular flexibility index (Phi) is 5.38. The lowest BCUT2D eigenvalue weighted by molar-refractivity contribution is 0.0545. The van der Waals surface area contributed by atoms with Gasteiger partial charge in [0.25, 0.3) is 5.91 Å². The monoisotopic (exact) mass is 366 g/mol. The molecule has 2 unspecified atom stereocenters. The lowest BCUT2D eigenvalue weighted by atomic mass is 10.0. The summed E-state index contributed by atoms with van der Waals surface area (Å²) >= 11 is 0. The number of hydrogen-bond donors (Lipinski definition) is 2. The zero-order chi connectivity index (χ0) is 18.6. The van der Waals surface area contributed by atoms with E-state index >= 15 is 0 Å². The lowest BCUT2D eigenvalue weighted by Crippen LogP contribution is -2.55. The highest BCUT2D eigenvalue weighted by Crippen LogP contribution is 2.26. The van der Waals surface area contributed by atoms with Crippen molar-refractivity contribution < 1.29 is 9.53 Å². The van der Waals surface area contributed by atoms with Gasteiger partial charge in [0.15, 0.2) is 0 Å². The third-order valence-electron chi connectivity index (χ3n) is 5.46. The Labute approximate surface area is 160 Å². The first-order valence-corrected chi connectivity index (χ1v) is 9.48. The van der Waals surface area contributed by atoms with E-state index in [9.17, 15) is 4.79 Å². The molecular formula is C21H26N4O2. The van der Waals surface area contributed by atoms with Crippen LogP contribution in [0.1, 0.15) is 28.4 Å². The Morgan fingerprint density at radius 1 is 0.963 bits per heavy atom. The molecule has 6 heteroatoms. The largest absolute Gasteiger partial charge is 0.497 e. The Morgan fingerprint density at radius 2 is 1.67 bits per heavy atom. The van der Waals surface area contributed by atoms with E-state index in [2.05, 4.69) is 27.9 Å². The molecule has 4 rings (SSSR count). The van der Waals surface area contributed by atoms with E-state index in [1.807, 2.05) is 47.4 Å². The van der Waals surface area contributed by atoms with Crippen molar-refractivity contribution >= 4 is 5.91 Å². The minimum absolute atomic E-state index is 0.129. The van der Waals surface area contributed by atoms with Crippen molar-refractivity contribution in [2.24, 2.45) is 0 Å². The number of ether oxygens (including phenoxy) is 1. The molecule has 0 radical (unpaired) electrons. The predicted molar refractivity (Wildman–Crippen MR) is 104 cm³/mol. The molecule has 0 aromatic heterocycles. The van der Waals surface area contributed by atoms with Crippen LogP contribution < -0.4 is 15.6 Å². The Balaban J connectivity index is 1.30. The van der Waals surface area contributed by atoms with Gasteiger partial charge in [-0.1, -0.05) is 30.3 Å². The maximum Gasteiger partial charge on any atom is 0.253 e. The molecule has 0 spiro atoms. The fourth-order valence-electron chi connectivity index (χ4n) is 3.83. The average Bonchev–Trinajstić information content (AvgIpc) is 3.24. The van der Waals surface area contributed by atoms with Crippen molar-refractivity contribution in [1.82, 2.24) is 20.7 Å². The average molecular weight is 366 g/mol. The van der Waals surface area contributed by atoms with Gasteiger partial charge in [-0.15, -0.1) is 0 Å². The van der Waals surface area contributed by atoms with E-state index in [1.54, 1.807) is 7.11 Å². The molecule has 0 aliphatic carbocycles. The SMILES string of the molecule is COc1ccc(C2CC(N3CCN(C(=O)c4ccccc4)CC3)NN2)cc1. The maximum absolute atomic E-state index is 12.6. The highest BCUT2D eigenvalue weighted by molar-refractivity contribution is 5.94. The van der Waals surface area contributed by atoms with Crippen molar-refractivity contribution in [3.05, 3.63) is 65.7 Å². The van der Waals surface area contributed by atoms with Gasteiger partial charge in [0.2, 0.25) is 0 Å². The molecule has 2 aliphatic heterocycles. The number of carbonyl (C=O) groups is 1. The van der Waals surface area contributed by atoms with Crippen molar-refractivity contribution in [3.63, 3.8) is 0 Å². The number of hydrogen-bond acceptors (Lipinski definition) is 5. The molecule has 2 aromatic carbocycles. The maximum atomic E-state index is 12.6. The molecule has 2 saturated heterocycles. The summed E-state index contributed by atoms with van der Waals surface area (Å²) in [5, 5.41) is 0. The molecule has 2 aliphatic rings. The number of rotatable bonds is 4. The Hall–Kier alpha value is -2.41. The second-order valence-corrected chi connectivity index (χ2v) is 7.06. The standard InChI is InChI=1S/C21H26N4O2/c1-27-18-9-7-16(8-10-18)19-15-20(23-22-19)24-11-13-25(14-12-24)21(26)17-5-3-2-4-6-17/h2-10,19-20,22-23H,11-15H2,1H3. The first kappa shape index (κ1) is 18.0. The number of hydrazine groups is 1. The van der Waals surface area contributed by atoms with Crippen molar-refractivity contribution in [1.29, 1.82) is 0 Å². The number of benzene rings is 2. The van der Waals surface area contributed by atoms with Gasteiger partial charge in [0.1, 0.15) is 5.75 Å². The molecular weight excluding hydrogens is 340 g/mol. The number of nitrogens with one attached hydrogen (secondary N) is 2. The summed E-state index contributed by atoms with van der Waals surface area (Å²) < 4.78 is 5.23. The topological polar surface area (TPSA) is 56.8 Å². The smallest absolute Gasteiger partial charge is 0.253 e. The van der Waals surface area contributed by atoms with Crippen LogP contribution in [0.15, 0.2) is 54.6 Å². The quantitative estimate of drug-likeness (QED) is 0.867. The number of nitrogens with zero attached hydrogens (tertiary/aromatic N) is 2. The number of amides is 1. The van der Waals surface area contributed by atoms with Gasteiger partial charge in [-0.2, -0.15) is 0 Å². The van der Waals surface area contributed by atoms with Crippen LogP contribution in [0.4, 0.5) is 0 Å². The highest BCUT2D eigenvalue weighted by atomic mass is 16.5. The molecule has 2 heterocycles. The van der Waals surface area contributed by atoms with Crippen LogP contribution in [0, 0.1) is 0 Å². The molecule has 142 valence electrons. The summed E-state index contributed by atoms with van der Waals surface area (Å²) in [5.41, 5.74) is 8.85. The van der Waals surface area contributed by atoms with E-state index in [-0.39, 0.29) is 18.1 Å². The summed E-state index contributed by atoms with van der Waals surface area (Å²) in [6, 6.07) is 18.0. The molecule has 2 fully saturated rings. The van der Waals surface area contributed by atoms with Crippen LogP contribution in [0.5, 0.6) is 5.75 Å². The van der Waals surface area contributed by atoms with E-state index in [0.29, 0.717) is 0 Å². The van der Waals surface area contributed by atoms with Crippen LogP contribution in [0.2, 0.25) is 0 Å². The zero-order valence-electron chi connectivity index (χ0n) is 15.6. The second-order valence-electron chi connectivity index (χ2n) is 7.06. The minimum atomic E-state index is 0.129. The molecule has 0 saturated carbocycles. The number of methoxy groups -OCH3 is 1. The van der Waals surface area contributed by atoms with Crippen LogP contribution in [0.25, 0.3) is 0 Å². The third kappa shape index (κ3) is 3.98. The molecule has 1 amide bonds. The Morgan fingerprint density at radius 3 is 2.33 bits per heavy atom. The van der Waals surface area contributed by atoms with Gasteiger partial charge in [0, 0.05) is 37.8 Å². The fourth-order valence-corrected chi connectivity index (χ4v) is 3.83. The highest BCUT2D eigenvalue weighted by Gasteiger charge is 2.32. The zero-order valence-corrected chi connectivity index (χ0v) is 15.6. The number of carbonyl (C=O) groups excluding carboxylic acids is 1. The second kappa shape index (κ2) is 8.08. The molecule has 2 N–H and O–H groups in total. The minimum Gasteiger partial charge on any atom is -0.497 e. The van der Waals surface area contributed by atoms with Crippen molar-refractivity contribution in [2.45, 2.75) is 18.6 Å². The summed E-state index contributed by atoms with van der Waals surface area (Å²) in [7, 11) is 1.68. The van der Waals surface area contributed by atoms with Gasteiger partial charge in [-0.05, 0) is 36.2 Å². The van der Waals surface area contributed by atoms with Gasteiger partial charge >= 0.3 is 0 Å². The van der Waals surface area contributed by atoms with E-state index < -0.39 is 0 Å².